The quantitative estimate of drug-likeness (QED) is 0.846. The summed E-state index contributed by atoms with van der Waals surface area (Å²) in [5.74, 6) is 0.161. The van der Waals surface area contributed by atoms with Crippen LogP contribution in [0, 0.1) is 0 Å². The van der Waals surface area contributed by atoms with Crippen molar-refractivity contribution in [3.05, 3.63) is 28.2 Å². The van der Waals surface area contributed by atoms with Crippen LogP contribution in [0.2, 0.25) is 10.0 Å². The van der Waals surface area contributed by atoms with Gasteiger partial charge < -0.3 is 15.2 Å². The van der Waals surface area contributed by atoms with Gasteiger partial charge in [-0.25, -0.2) is 0 Å². The third kappa shape index (κ3) is 4.26. The van der Waals surface area contributed by atoms with Crippen molar-refractivity contribution in [2.45, 2.75) is 0 Å². The lowest BCUT2D eigenvalue weighted by Gasteiger charge is -2.07. The predicted octanol–water partition coefficient (Wildman–Crippen LogP) is 1.48. The van der Waals surface area contributed by atoms with Gasteiger partial charge in [0.2, 0.25) is 0 Å². The van der Waals surface area contributed by atoms with Crippen molar-refractivity contribution in [3.8, 4) is 5.75 Å². The monoisotopic (exact) mass is 263 g/mol. The first-order valence-electron chi connectivity index (χ1n) is 4.59. The Kier molecular flexibility index (Phi) is 5.38. The highest BCUT2D eigenvalue weighted by Gasteiger charge is 2.03. The van der Waals surface area contributed by atoms with Crippen LogP contribution in [0.4, 0.5) is 0 Å². The van der Waals surface area contributed by atoms with E-state index in [2.05, 4.69) is 5.32 Å². The maximum atomic E-state index is 11.1. The van der Waals surface area contributed by atoms with Gasteiger partial charge in [0.1, 0.15) is 5.75 Å². The SMILES string of the molecule is O=C(COc1ccc(Cl)c(Cl)c1)NCCO. The smallest absolute Gasteiger partial charge is 0.258 e. The van der Waals surface area contributed by atoms with Crippen LogP contribution in [0.15, 0.2) is 18.2 Å². The third-order valence-corrected chi connectivity index (χ3v) is 2.43. The second kappa shape index (κ2) is 6.58. The molecule has 16 heavy (non-hydrogen) atoms. The van der Waals surface area contributed by atoms with Crippen molar-refractivity contribution >= 4 is 29.1 Å². The summed E-state index contributed by atoms with van der Waals surface area (Å²) in [6.45, 7) is -0.0138. The predicted molar refractivity (Wildman–Crippen MR) is 62.1 cm³/mol. The molecular formula is C10H11Cl2NO3. The highest BCUT2D eigenvalue weighted by molar-refractivity contribution is 6.42. The van der Waals surface area contributed by atoms with Gasteiger partial charge in [-0.05, 0) is 12.1 Å². The molecule has 88 valence electrons. The molecule has 0 aliphatic rings. The average molecular weight is 264 g/mol. The number of ether oxygens (including phenoxy) is 1. The van der Waals surface area contributed by atoms with E-state index in [4.69, 9.17) is 33.0 Å². The lowest BCUT2D eigenvalue weighted by Crippen LogP contribution is -2.31. The molecule has 0 aromatic heterocycles. The number of benzene rings is 1. The van der Waals surface area contributed by atoms with Gasteiger partial charge in [0.05, 0.1) is 16.7 Å². The van der Waals surface area contributed by atoms with Crippen molar-refractivity contribution < 1.29 is 14.6 Å². The molecule has 1 rings (SSSR count). The van der Waals surface area contributed by atoms with Crippen molar-refractivity contribution in [1.82, 2.24) is 5.32 Å². The molecular weight excluding hydrogens is 253 g/mol. The first-order valence-corrected chi connectivity index (χ1v) is 5.34. The number of hydrogen-bond acceptors (Lipinski definition) is 3. The van der Waals surface area contributed by atoms with E-state index in [1.54, 1.807) is 12.1 Å². The fraction of sp³-hybridized carbons (Fsp3) is 0.300. The Morgan fingerprint density at radius 2 is 2.12 bits per heavy atom. The summed E-state index contributed by atoms with van der Waals surface area (Å²) in [6, 6.07) is 4.74. The molecule has 0 aliphatic carbocycles. The van der Waals surface area contributed by atoms with Crippen LogP contribution in [-0.2, 0) is 4.79 Å². The first-order chi connectivity index (χ1) is 7.63. The molecule has 0 unspecified atom stereocenters. The number of amides is 1. The topological polar surface area (TPSA) is 58.6 Å². The molecule has 0 radical (unpaired) electrons. The molecule has 0 saturated carbocycles. The van der Waals surface area contributed by atoms with E-state index in [9.17, 15) is 4.79 Å². The summed E-state index contributed by atoms with van der Waals surface area (Å²) in [5, 5.41) is 11.7. The Morgan fingerprint density at radius 3 is 2.75 bits per heavy atom. The van der Waals surface area contributed by atoms with E-state index in [0.29, 0.717) is 15.8 Å². The summed E-state index contributed by atoms with van der Waals surface area (Å²) >= 11 is 11.5. The summed E-state index contributed by atoms with van der Waals surface area (Å²) in [6.07, 6.45) is 0. The van der Waals surface area contributed by atoms with Gasteiger partial charge in [0.15, 0.2) is 6.61 Å². The summed E-state index contributed by atoms with van der Waals surface area (Å²) in [4.78, 5) is 11.1. The molecule has 1 aromatic rings. The minimum atomic E-state index is -0.305. The van der Waals surface area contributed by atoms with E-state index in [1.807, 2.05) is 0 Å². The Labute approximate surface area is 103 Å². The molecule has 0 spiro atoms. The number of carbonyl (C=O) groups excluding carboxylic acids is 1. The number of halogens is 2. The number of rotatable bonds is 5. The van der Waals surface area contributed by atoms with Crippen molar-refractivity contribution in [3.63, 3.8) is 0 Å². The fourth-order valence-corrected chi connectivity index (χ4v) is 1.25. The maximum absolute atomic E-state index is 11.1. The minimum absolute atomic E-state index is 0.0987. The molecule has 0 atom stereocenters. The van der Waals surface area contributed by atoms with Gasteiger partial charge in [-0.2, -0.15) is 0 Å². The molecule has 0 aliphatic heterocycles. The maximum Gasteiger partial charge on any atom is 0.258 e. The van der Waals surface area contributed by atoms with E-state index in [-0.39, 0.29) is 25.7 Å². The number of aliphatic hydroxyl groups excluding tert-OH is 1. The molecule has 2 N–H and O–H groups in total. The number of hydrogen-bond donors (Lipinski definition) is 2. The molecule has 0 saturated heterocycles. The van der Waals surface area contributed by atoms with Crippen LogP contribution in [0.5, 0.6) is 5.75 Å². The molecule has 0 heterocycles. The average Bonchev–Trinajstić information content (AvgIpc) is 2.28. The van der Waals surface area contributed by atoms with Gasteiger partial charge >= 0.3 is 0 Å². The Morgan fingerprint density at radius 1 is 1.38 bits per heavy atom. The zero-order chi connectivity index (χ0) is 12.0. The second-order valence-corrected chi connectivity index (χ2v) is 3.75. The van der Waals surface area contributed by atoms with Gasteiger partial charge in [-0.15, -0.1) is 0 Å². The third-order valence-electron chi connectivity index (χ3n) is 1.69. The number of aliphatic hydroxyl groups is 1. The van der Waals surface area contributed by atoms with Crippen LogP contribution >= 0.6 is 23.2 Å². The van der Waals surface area contributed by atoms with Crippen molar-refractivity contribution in [2.75, 3.05) is 19.8 Å². The Bertz CT molecular complexity index is 371. The molecule has 1 amide bonds. The van der Waals surface area contributed by atoms with Crippen LogP contribution in [-0.4, -0.2) is 30.8 Å². The molecule has 4 nitrogen and oxygen atoms in total. The standard InChI is InChI=1S/C10H11Cl2NO3/c11-8-2-1-7(5-9(8)12)16-6-10(15)13-3-4-14/h1-2,5,14H,3-4,6H2,(H,13,15). The second-order valence-electron chi connectivity index (χ2n) is 2.94. The van der Waals surface area contributed by atoms with Gasteiger partial charge in [-0.3, -0.25) is 4.79 Å². The van der Waals surface area contributed by atoms with Crippen LogP contribution in [0.1, 0.15) is 0 Å². The Hall–Kier alpha value is -0.970. The highest BCUT2D eigenvalue weighted by atomic mass is 35.5. The van der Waals surface area contributed by atoms with E-state index in [0.717, 1.165) is 0 Å². The lowest BCUT2D eigenvalue weighted by molar-refractivity contribution is -0.123. The zero-order valence-electron chi connectivity index (χ0n) is 8.37. The zero-order valence-corrected chi connectivity index (χ0v) is 9.88. The molecule has 1 aromatic carbocycles. The number of nitrogens with one attached hydrogen (secondary N) is 1. The van der Waals surface area contributed by atoms with Crippen LogP contribution in [0.25, 0.3) is 0 Å². The minimum Gasteiger partial charge on any atom is -0.484 e. The van der Waals surface area contributed by atoms with Crippen LogP contribution < -0.4 is 10.1 Å². The lowest BCUT2D eigenvalue weighted by atomic mass is 10.3. The largest absolute Gasteiger partial charge is 0.484 e. The van der Waals surface area contributed by atoms with Crippen molar-refractivity contribution in [2.24, 2.45) is 0 Å². The number of carbonyl (C=O) groups is 1. The summed E-state index contributed by atoms with van der Waals surface area (Å²) in [7, 11) is 0. The van der Waals surface area contributed by atoms with Crippen molar-refractivity contribution in [1.29, 1.82) is 0 Å². The highest BCUT2D eigenvalue weighted by Crippen LogP contribution is 2.26. The van der Waals surface area contributed by atoms with Gasteiger partial charge in [0, 0.05) is 12.6 Å². The Balaban J connectivity index is 2.42. The fourth-order valence-electron chi connectivity index (χ4n) is 0.962. The molecule has 0 fully saturated rings. The van der Waals surface area contributed by atoms with E-state index in [1.165, 1.54) is 6.07 Å². The first kappa shape index (κ1) is 13.1. The van der Waals surface area contributed by atoms with E-state index >= 15 is 0 Å². The summed E-state index contributed by atoms with van der Waals surface area (Å²) < 4.78 is 5.16. The van der Waals surface area contributed by atoms with Gasteiger partial charge in [0.25, 0.3) is 5.91 Å². The van der Waals surface area contributed by atoms with Crippen LogP contribution in [0.3, 0.4) is 0 Å². The van der Waals surface area contributed by atoms with Gasteiger partial charge in [-0.1, -0.05) is 23.2 Å². The summed E-state index contributed by atoms with van der Waals surface area (Å²) in [5.41, 5.74) is 0. The molecule has 0 bridgehead atoms. The normalized spacial score (nSPS) is 9.94. The molecule has 6 heteroatoms. The van der Waals surface area contributed by atoms with E-state index < -0.39 is 0 Å².